The first kappa shape index (κ1) is 18.6. The molecule has 0 spiro atoms. The van der Waals surface area contributed by atoms with Gasteiger partial charge >= 0.3 is 6.18 Å². The van der Waals surface area contributed by atoms with Crippen molar-refractivity contribution in [3.05, 3.63) is 53.5 Å². The largest absolute Gasteiger partial charge is 0.431 e. The van der Waals surface area contributed by atoms with Crippen molar-refractivity contribution in [2.75, 3.05) is 14.1 Å². The smallest absolute Gasteiger partial charge is 0.336 e. The van der Waals surface area contributed by atoms with Gasteiger partial charge in [-0.15, -0.1) is 0 Å². The molecule has 1 aromatic carbocycles. The van der Waals surface area contributed by atoms with Crippen molar-refractivity contribution in [2.24, 2.45) is 4.99 Å². The third-order valence-corrected chi connectivity index (χ3v) is 5.27. The molecule has 8 heteroatoms. The number of nitrogens with zero attached hydrogens (tertiary/aromatic N) is 4. The molecule has 0 bridgehead atoms. The Kier molecular flexibility index (Phi) is 4.66. The third kappa shape index (κ3) is 3.40. The lowest BCUT2D eigenvalue weighted by molar-refractivity contribution is -0.140. The Bertz CT molecular complexity index is 1020. The van der Waals surface area contributed by atoms with E-state index in [0.717, 1.165) is 18.9 Å². The van der Waals surface area contributed by atoms with Gasteiger partial charge in [-0.1, -0.05) is 24.3 Å². The lowest BCUT2D eigenvalue weighted by Gasteiger charge is -2.35. The molecule has 1 unspecified atom stereocenters. The van der Waals surface area contributed by atoms with Crippen LogP contribution in [0.1, 0.15) is 29.2 Å². The molecule has 1 N–H and O–H groups in total. The highest BCUT2D eigenvalue weighted by Crippen LogP contribution is 2.35. The summed E-state index contributed by atoms with van der Waals surface area (Å²) in [5, 5.41) is 0.261. The molecule has 0 saturated carbocycles. The number of hydrogen-bond donors (Lipinski definition) is 1. The van der Waals surface area contributed by atoms with Crippen LogP contribution in [-0.4, -0.2) is 46.2 Å². The highest BCUT2D eigenvalue weighted by molar-refractivity contribution is 5.88. The zero-order chi connectivity index (χ0) is 19.9. The van der Waals surface area contributed by atoms with Crippen molar-refractivity contribution in [3.63, 3.8) is 0 Å². The number of nitrogens with one attached hydrogen (secondary N) is 1. The summed E-state index contributed by atoms with van der Waals surface area (Å²) in [5.41, 5.74) is 1.76. The number of H-pyrrole nitrogens is 1. The van der Waals surface area contributed by atoms with E-state index >= 15 is 0 Å². The van der Waals surface area contributed by atoms with E-state index in [0.29, 0.717) is 0 Å². The Morgan fingerprint density at radius 3 is 2.75 bits per heavy atom. The maximum Gasteiger partial charge on any atom is 0.431 e. The first-order chi connectivity index (χ1) is 13.3. The molecule has 2 heterocycles. The molecule has 3 aromatic rings. The number of hydrogen-bond acceptors (Lipinski definition) is 4. The van der Waals surface area contributed by atoms with Gasteiger partial charge in [0.1, 0.15) is 17.7 Å². The van der Waals surface area contributed by atoms with Crippen LogP contribution in [0.25, 0.3) is 11.0 Å². The molecule has 0 aliphatic heterocycles. The number of aliphatic imine (C=N–C) groups is 1. The van der Waals surface area contributed by atoms with E-state index in [1.807, 2.05) is 32.4 Å². The molecule has 0 fully saturated rings. The minimum Gasteiger partial charge on any atom is -0.336 e. The maximum atomic E-state index is 13.0. The van der Waals surface area contributed by atoms with Crippen LogP contribution in [-0.2, 0) is 12.6 Å². The number of benzene rings is 1. The quantitative estimate of drug-likeness (QED) is 0.680. The normalized spacial score (nSPS) is 20.2. The van der Waals surface area contributed by atoms with E-state index in [4.69, 9.17) is 0 Å². The summed E-state index contributed by atoms with van der Waals surface area (Å²) in [5.74, 6) is 0.267. The zero-order valence-corrected chi connectivity index (χ0v) is 15.5. The van der Waals surface area contributed by atoms with Crippen LogP contribution in [0, 0.1) is 0 Å². The fourth-order valence-electron chi connectivity index (χ4n) is 3.87. The first-order valence-corrected chi connectivity index (χ1v) is 9.04. The van der Waals surface area contributed by atoms with Gasteiger partial charge in [-0.3, -0.25) is 0 Å². The molecule has 28 heavy (non-hydrogen) atoms. The second-order valence-corrected chi connectivity index (χ2v) is 7.21. The minimum absolute atomic E-state index is 0.0333. The minimum atomic E-state index is -4.47. The fraction of sp³-hybridized carbons (Fsp3) is 0.350. The molecule has 146 valence electrons. The van der Waals surface area contributed by atoms with Crippen LogP contribution in [0.5, 0.6) is 0 Å². The van der Waals surface area contributed by atoms with Gasteiger partial charge < -0.3 is 9.88 Å². The van der Waals surface area contributed by atoms with Gasteiger partial charge in [-0.05, 0) is 44.1 Å². The number of aromatic amines is 1. The van der Waals surface area contributed by atoms with Gasteiger partial charge in [0.2, 0.25) is 0 Å². The topological polar surface area (TPSA) is 57.2 Å². The van der Waals surface area contributed by atoms with Crippen molar-refractivity contribution in [3.8, 4) is 0 Å². The molecule has 0 radical (unpaired) electrons. The predicted molar refractivity (Wildman–Crippen MR) is 102 cm³/mol. The number of alkyl halides is 3. The molecule has 1 aliphatic carbocycles. The third-order valence-electron chi connectivity index (χ3n) is 5.27. The zero-order valence-electron chi connectivity index (χ0n) is 15.5. The van der Waals surface area contributed by atoms with Crippen molar-refractivity contribution in [1.82, 2.24) is 19.9 Å². The van der Waals surface area contributed by atoms with Crippen molar-refractivity contribution < 1.29 is 13.2 Å². The highest BCUT2D eigenvalue weighted by Gasteiger charge is 2.33. The van der Waals surface area contributed by atoms with Crippen LogP contribution in [0.2, 0.25) is 0 Å². The van der Waals surface area contributed by atoms with Crippen molar-refractivity contribution in [1.29, 1.82) is 0 Å². The molecule has 0 saturated heterocycles. The Balaban J connectivity index is 1.74. The Labute approximate surface area is 160 Å². The monoisotopic (exact) mass is 387 g/mol. The van der Waals surface area contributed by atoms with Gasteiger partial charge in [-0.25, -0.2) is 15.0 Å². The molecule has 1 aliphatic rings. The summed E-state index contributed by atoms with van der Waals surface area (Å²) in [4.78, 5) is 17.0. The number of halogens is 3. The Morgan fingerprint density at radius 1 is 1.21 bits per heavy atom. The molecule has 2 aromatic heterocycles. The van der Waals surface area contributed by atoms with E-state index in [-0.39, 0.29) is 28.8 Å². The van der Waals surface area contributed by atoms with E-state index in [9.17, 15) is 13.2 Å². The molecular formula is C20H20F3N5. The van der Waals surface area contributed by atoms with Gasteiger partial charge in [0, 0.05) is 18.2 Å². The summed E-state index contributed by atoms with van der Waals surface area (Å²) in [6, 6.07) is 9.51. The molecule has 0 amide bonds. The van der Waals surface area contributed by atoms with Crippen LogP contribution in [0.15, 0.2) is 41.7 Å². The van der Waals surface area contributed by atoms with E-state index in [1.54, 1.807) is 0 Å². The van der Waals surface area contributed by atoms with E-state index in [2.05, 4.69) is 37.0 Å². The second kappa shape index (κ2) is 7.01. The summed E-state index contributed by atoms with van der Waals surface area (Å²) in [7, 11) is 4.06. The van der Waals surface area contributed by atoms with Gasteiger partial charge in [0.05, 0.1) is 5.39 Å². The number of likely N-dealkylation sites (N-methyl/N-ethyl adjacent to an activating group) is 1. The Morgan fingerprint density at radius 2 is 2.00 bits per heavy atom. The van der Waals surface area contributed by atoms with Crippen LogP contribution < -0.4 is 0 Å². The number of fused-ring (bicyclic) bond motifs is 2. The number of rotatable bonds is 3. The molecule has 4 rings (SSSR count). The Hall–Kier alpha value is -2.74. The van der Waals surface area contributed by atoms with Crippen LogP contribution >= 0.6 is 0 Å². The van der Waals surface area contributed by atoms with E-state index in [1.165, 1.54) is 17.5 Å². The predicted octanol–water partition coefficient (Wildman–Crippen LogP) is 4.34. The summed E-state index contributed by atoms with van der Waals surface area (Å²) < 4.78 is 39.0. The number of aryl methyl sites for hydroxylation is 1. The summed E-state index contributed by atoms with van der Waals surface area (Å²) in [6.07, 6.45) is 0.546. The fourth-order valence-corrected chi connectivity index (χ4v) is 3.87. The molecule has 2 atom stereocenters. The SMILES string of the molecule is CN(C)[C@H]1CCc2ccccc2C1/C=N/c1ncnc2[nH]c(C(F)(F)F)cc12. The second-order valence-electron chi connectivity index (χ2n) is 7.21. The maximum absolute atomic E-state index is 13.0. The lowest BCUT2D eigenvalue weighted by Crippen LogP contribution is -2.38. The average Bonchev–Trinajstić information content (AvgIpc) is 3.11. The van der Waals surface area contributed by atoms with Crippen LogP contribution in [0.4, 0.5) is 19.0 Å². The van der Waals surface area contributed by atoms with Gasteiger partial charge in [-0.2, -0.15) is 13.2 Å². The number of aromatic nitrogens is 3. The van der Waals surface area contributed by atoms with Crippen LogP contribution in [0.3, 0.4) is 0 Å². The molecule has 5 nitrogen and oxygen atoms in total. The average molecular weight is 387 g/mol. The van der Waals surface area contributed by atoms with Crippen molar-refractivity contribution in [2.45, 2.75) is 31.0 Å². The molecular weight excluding hydrogens is 367 g/mol. The lowest BCUT2D eigenvalue weighted by atomic mass is 9.79. The first-order valence-electron chi connectivity index (χ1n) is 9.04. The van der Waals surface area contributed by atoms with Gasteiger partial charge in [0.25, 0.3) is 0 Å². The van der Waals surface area contributed by atoms with Gasteiger partial charge in [0.15, 0.2) is 5.82 Å². The standard InChI is InChI=1S/C20H20F3N5/c1-28(2)16-8-7-12-5-3-4-6-13(12)15(16)10-24-18-14-9-17(20(21,22)23)27-19(14)26-11-25-18/h3-6,9-11,15-16H,7-8H2,1-2H3,(H,25,26,27)/b24-10+/t15?,16-/m0/s1. The van der Waals surface area contributed by atoms with E-state index < -0.39 is 11.9 Å². The summed E-state index contributed by atoms with van der Waals surface area (Å²) in [6.45, 7) is 0. The van der Waals surface area contributed by atoms with Crippen molar-refractivity contribution >= 4 is 23.1 Å². The summed E-state index contributed by atoms with van der Waals surface area (Å²) >= 11 is 0. The highest BCUT2D eigenvalue weighted by atomic mass is 19.4.